The van der Waals surface area contributed by atoms with E-state index in [0.29, 0.717) is 0 Å². The van der Waals surface area contributed by atoms with Crippen molar-refractivity contribution in [1.29, 1.82) is 0 Å². The Morgan fingerprint density at radius 3 is 2.27 bits per heavy atom. The van der Waals surface area contributed by atoms with E-state index in [0.717, 1.165) is 0 Å². The minimum absolute atomic E-state index is 0.724. The van der Waals surface area contributed by atoms with Crippen molar-refractivity contribution in [2.45, 2.75) is 5.78 Å². The lowest BCUT2D eigenvalue weighted by Gasteiger charge is -2.15. The quantitative estimate of drug-likeness (QED) is 0.489. The van der Waals surface area contributed by atoms with Crippen molar-refractivity contribution >= 4 is 13.3 Å². The fourth-order valence-corrected chi connectivity index (χ4v) is 1.14. The number of rotatable bonds is 3. The molecule has 2 unspecified atom stereocenters. The first-order chi connectivity index (χ1) is 4.95. The van der Waals surface area contributed by atoms with E-state index in [9.17, 15) is 9.36 Å². The van der Waals surface area contributed by atoms with Crippen molar-refractivity contribution in [1.82, 2.24) is 0 Å². The number of hydrogen-bond donors (Lipinski definition) is 1. The lowest BCUT2D eigenvalue weighted by Crippen LogP contribution is -2.31. The van der Waals surface area contributed by atoms with Gasteiger partial charge in [0.05, 0.1) is 7.11 Å². The van der Waals surface area contributed by atoms with Gasteiger partial charge in [0.1, 0.15) is 0 Å². The van der Waals surface area contributed by atoms with Crippen molar-refractivity contribution in [3.05, 3.63) is 0 Å². The third kappa shape index (κ3) is 2.61. The van der Waals surface area contributed by atoms with Gasteiger partial charge in [0.25, 0.3) is 0 Å². The SMILES string of the molecule is COC(=O)C(N)P(C)(=O)OC. The topological polar surface area (TPSA) is 78.6 Å². The smallest absolute Gasteiger partial charge is 0.332 e. The molecule has 0 heterocycles. The molecule has 0 aromatic rings. The minimum Gasteiger partial charge on any atom is -0.467 e. The second kappa shape index (κ2) is 3.85. The lowest BCUT2D eigenvalue weighted by molar-refractivity contribution is -0.140. The number of methoxy groups -OCH3 is 1. The molecule has 2 atom stereocenters. The Morgan fingerprint density at radius 2 is 2.00 bits per heavy atom. The van der Waals surface area contributed by atoms with Crippen molar-refractivity contribution in [2.75, 3.05) is 20.9 Å². The molecule has 0 radical (unpaired) electrons. The van der Waals surface area contributed by atoms with Gasteiger partial charge in [-0.2, -0.15) is 0 Å². The third-order valence-corrected chi connectivity index (χ3v) is 3.26. The van der Waals surface area contributed by atoms with Crippen LogP contribution in [0.25, 0.3) is 0 Å². The van der Waals surface area contributed by atoms with Crippen LogP contribution in [0.2, 0.25) is 0 Å². The van der Waals surface area contributed by atoms with Crippen molar-refractivity contribution in [3.8, 4) is 0 Å². The van der Waals surface area contributed by atoms with E-state index in [-0.39, 0.29) is 0 Å². The molecule has 0 aliphatic carbocycles. The van der Waals surface area contributed by atoms with E-state index in [1.165, 1.54) is 20.9 Å². The first-order valence-electron chi connectivity index (χ1n) is 2.92. The maximum absolute atomic E-state index is 11.2. The van der Waals surface area contributed by atoms with Crippen LogP contribution >= 0.6 is 7.37 Å². The van der Waals surface area contributed by atoms with Gasteiger partial charge in [-0.1, -0.05) is 0 Å². The molecule has 0 rings (SSSR count). The van der Waals surface area contributed by atoms with E-state index < -0.39 is 19.1 Å². The van der Waals surface area contributed by atoms with Gasteiger partial charge in [-0.05, 0) is 0 Å². The van der Waals surface area contributed by atoms with Gasteiger partial charge in [-0.15, -0.1) is 0 Å². The molecule has 5 nitrogen and oxygen atoms in total. The summed E-state index contributed by atoms with van der Waals surface area (Å²) in [5.41, 5.74) is 5.25. The van der Waals surface area contributed by atoms with Crippen LogP contribution in [0.3, 0.4) is 0 Å². The van der Waals surface area contributed by atoms with Gasteiger partial charge < -0.3 is 15.0 Å². The minimum atomic E-state index is -3.03. The zero-order chi connectivity index (χ0) is 9.07. The monoisotopic (exact) mass is 181 g/mol. The van der Waals surface area contributed by atoms with Crippen molar-refractivity contribution in [2.24, 2.45) is 5.73 Å². The molecule has 0 fully saturated rings. The first kappa shape index (κ1) is 10.6. The summed E-state index contributed by atoms with van der Waals surface area (Å²) in [4.78, 5) is 10.7. The van der Waals surface area contributed by atoms with Crippen LogP contribution < -0.4 is 5.73 Å². The Kier molecular flexibility index (Phi) is 3.72. The van der Waals surface area contributed by atoms with Crippen LogP contribution in [0.15, 0.2) is 0 Å². The molecule has 0 amide bonds. The molecule has 0 saturated carbocycles. The first-order valence-corrected chi connectivity index (χ1v) is 5.06. The molecular formula is C5H12NO4P. The van der Waals surface area contributed by atoms with Gasteiger partial charge in [0.2, 0.25) is 7.37 Å². The average Bonchev–Trinajstić information content (AvgIpc) is 2.01. The highest BCUT2D eigenvalue weighted by molar-refractivity contribution is 7.59. The number of nitrogens with two attached hydrogens (primary N) is 1. The van der Waals surface area contributed by atoms with Crippen LogP contribution in [0.5, 0.6) is 0 Å². The molecule has 11 heavy (non-hydrogen) atoms. The summed E-state index contributed by atoms with van der Waals surface area (Å²) in [5, 5.41) is 0. The molecule has 0 aliphatic rings. The Morgan fingerprint density at radius 1 is 1.55 bits per heavy atom. The van der Waals surface area contributed by atoms with E-state index in [1.54, 1.807) is 0 Å². The highest BCUT2D eigenvalue weighted by Crippen LogP contribution is 2.44. The standard InChI is InChI=1S/C5H12NO4P/c1-9-5(7)4(6)11(3,8)10-2/h4H,6H2,1-3H3. The second-order valence-corrected chi connectivity index (χ2v) is 4.80. The summed E-state index contributed by atoms with van der Waals surface area (Å²) < 4.78 is 20.1. The number of esters is 1. The average molecular weight is 181 g/mol. The van der Waals surface area contributed by atoms with Crippen LogP contribution in [0.4, 0.5) is 0 Å². The summed E-state index contributed by atoms with van der Waals surface area (Å²) in [7, 11) is -0.616. The predicted octanol–water partition coefficient (Wildman–Crippen LogP) is -0.00150. The number of hydrogen-bond acceptors (Lipinski definition) is 5. The lowest BCUT2D eigenvalue weighted by atomic mass is 10.7. The van der Waals surface area contributed by atoms with Crippen molar-refractivity contribution in [3.63, 3.8) is 0 Å². The van der Waals surface area contributed by atoms with Crippen LogP contribution in [0.1, 0.15) is 0 Å². The molecule has 0 aromatic heterocycles. The summed E-state index contributed by atoms with van der Waals surface area (Å²) in [6.07, 6.45) is 0. The molecule has 2 N–H and O–H groups in total. The number of carbonyl (C=O) groups excluding carboxylic acids is 1. The fraction of sp³-hybridized carbons (Fsp3) is 0.800. The Bertz CT molecular complexity index is 193. The normalized spacial score (nSPS) is 18.5. The highest BCUT2D eigenvalue weighted by atomic mass is 31.2. The molecule has 0 saturated heterocycles. The Labute approximate surface area is 65.3 Å². The van der Waals surface area contributed by atoms with Gasteiger partial charge >= 0.3 is 5.97 Å². The zero-order valence-corrected chi connectivity index (χ0v) is 7.63. The molecular weight excluding hydrogens is 169 g/mol. The van der Waals surface area contributed by atoms with Crippen molar-refractivity contribution < 1.29 is 18.6 Å². The summed E-state index contributed by atoms with van der Waals surface area (Å²) in [6.45, 7) is 1.29. The molecule has 66 valence electrons. The van der Waals surface area contributed by atoms with E-state index in [2.05, 4.69) is 9.26 Å². The Balaban J connectivity index is 4.35. The largest absolute Gasteiger partial charge is 0.467 e. The number of ether oxygens (including phenoxy) is 1. The third-order valence-electron chi connectivity index (χ3n) is 1.31. The zero-order valence-electron chi connectivity index (χ0n) is 6.73. The fourth-order valence-electron chi connectivity index (χ4n) is 0.426. The summed E-state index contributed by atoms with van der Waals surface area (Å²) in [5.74, 6) is -1.91. The van der Waals surface area contributed by atoms with Crippen LogP contribution in [-0.4, -0.2) is 32.6 Å². The van der Waals surface area contributed by atoms with Crippen LogP contribution in [-0.2, 0) is 18.6 Å². The maximum atomic E-state index is 11.2. The molecule has 0 aromatic carbocycles. The van der Waals surface area contributed by atoms with E-state index >= 15 is 0 Å². The van der Waals surface area contributed by atoms with Gasteiger partial charge in [-0.25, -0.2) is 4.79 Å². The number of carbonyl (C=O) groups is 1. The van der Waals surface area contributed by atoms with Gasteiger partial charge in [-0.3, -0.25) is 4.57 Å². The van der Waals surface area contributed by atoms with E-state index in [1.807, 2.05) is 0 Å². The Hall–Kier alpha value is -0.380. The van der Waals surface area contributed by atoms with Crippen LogP contribution in [0, 0.1) is 0 Å². The molecule has 0 aliphatic heterocycles. The predicted molar refractivity (Wildman–Crippen MR) is 40.5 cm³/mol. The van der Waals surface area contributed by atoms with Gasteiger partial charge in [0.15, 0.2) is 5.78 Å². The molecule has 0 spiro atoms. The molecule has 6 heteroatoms. The highest BCUT2D eigenvalue weighted by Gasteiger charge is 2.31. The van der Waals surface area contributed by atoms with E-state index in [4.69, 9.17) is 5.73 Å². The maximum Gasteiger partial charge on any atom is 0.332 e. The summed E-state index contributed by atoms with van der Waals surface area (Å²) >= 11 is 0. The second-order valence-electron chi connectivity index (χ2n) is 2.06. The van der Waals surface area contributed by atoms with Gasteiger partial charge in [0, 0.05) is 13.8 Å². The molecule has 0 bridgehead atoms. The summed E-state index contributed by atoms with van der Waals surface area (Å²) in [6, 6.07) is 0.